The Morgan fingerprint density at radius 2 is 1.95 bits per heavy atom. The van der Waals surface area contributed by atoms with Gasteiger partial charge in [0.05, 0.1) is 0 Å². The molecule has 1 amide bonds. The lowest BCUT2D eigenvalue weighted by Crippen LogP contribution is -2.51. The molecule has 1 unspecified atom stereocenters. The zero-order valence-electron chi connectivity index (χ0n) is 12.6. The third-order valence-electron chi connectivity index (χ3n) is 4.78. The number of carbonyl (C=O) groups excluding carboxylic acids is 1. The number of hydrogen-bond donors (Lipinski definition) is 1. The van der Waals surface area contributed by atoms with E-state index in [9.17, 15) is 4.79 Å². The number of likely N-dealkylation sites (tertiary alicyclic amines) is 1. The molecule has 0 radical (unpaired) electrons. The number of ether oxygens (including phenoxy) is 1. The molecule has 0 aromatic carbocycles. The van der Waals surface area contributed by atoms with E-state index in [1.807, 2.05) is 25.7 Å². The first-order valence-electron chi connectivity index (χ1n) is 7.54. The van der Waals surface area contributed by atoms with E-state index < -0.39 is 5.60 Å². The smallest absolute Gasteiger partial charge is 0.410 e. The topological polar surface area (TPSA) is 55.6 Å². The number of nitrogens with zero attached hydrogens (tertiary/aromatic N) is 1. The van der Waals surface area contributed by atoms with Crippen molar-refractivity contribution in [2.24, 2.45) is 17.1 Å². The van der Waals surface area contributed by atoms with Gasteiger partial charge in [0.25, 0.3) is 0 Å². The minimum Gasteiger partial charge on any atom is -0.444 e. The fourth-order valence-corrected chi connectivity index (χ4v) is 3.53. The van der Waals surface area contributed by atoms with Crippen molar-refractivity contribution in [2.75, 3.05) is 19.6 Å². The maximum atomic E-state index is 12.0. The molecule has 4 heteroatoms. The van der Waals surface area contributed by atoms with E-state index >= 15 is 0 Å². The molecule has 2 N–H and O–H groups in total. The highest BCUT2D eigenvalue weighted by Gasteiger charge is 2.48. The van der Waals surface area contributed by atoms with E-state index in [0.29, 0.717) is 5.41 Å². The van der Waals surface area contributed by atoms with Gasteiger partial charge in [-0.25, -0.2) is 4.79 Å². The monoisotopic (exact) mass is 268 g/mol. The van der Waals surface area contributed by atoms with Gasteiger partial charge in [-0.15, -0.1) is 0 Å². The van der Waals surface area contributed by atoms with Crippen LogP contribution in [0, 0.1) is 11.3 Å². The van der Waals surface area contributed by atoms with Crippen molar-refractivity contribution in [3.05, 3.63) is 0 Å². The van der Waals surface area contributed by atoms with Crippen LogP contribution in [0.5, 0.6) is 0 Å². The van der Waals surface area contributed by atoms with Crippen molar-refractivity contribution in [1.29, 1.82) is 0 Å². The van der Waals surface area contributed by atoms with Crippen LogP contribution in [-0.2, 0) is 4.74 Å². The number of hydrogen-bond acceptors (Lipinski definition) is 3. The number of piperidine rings is 1. The van der Waals surface area contributed by atoms with E-state index in [1.54, 1.807) is 0 Å². The number of amides is 1. The summed E-state index contributed by atoms with van der Waals surface area (Å²) in [5, 5.41) is 0. The quantitative estimate of drug-likeness (QED) is 0.838. The lowest BCUT2D eigenvalue weighted by Gasteiger charge is -2.54. The summed E-state index contributed by atoms with van der Waals surface area (Å²) < 4.78 is 5.44. The second-order valence-electron chi connectivity index (χ2n) is 7.14. The molecule has 0 aromatic rings. The first-order valence-corrected chi connectivity index (χ1v) is 7.54. The van der Waals surface area contributed by atoms with Crippen molar-refractivity contribution in [1.82, 2.24) is 4.90 Å². The van der Waals surface area contributed by atoms with Crippen LogP contribution in [-0.4, -0.2) is 36.2 Å². The van der Waals surface area contributed by atoms with Gasteiger partial charge >= 0.3 is 6.09 Å². The highest BCUT2D eigenvalue weighted by molar-refractivity contribution is 5.68. The Balaban J connectivity index is 1.84. The normalized spacial score (nSPS) is 26.1. The van der Waals surface area contributed by atoms with Crippen molar-refractivity contribution in [3.8, 4) is 0 Å². The lowest BCUT2D eigenvalue weighted by atomic mass is 9.54. The molecule has 1 atom stereocenters. The van der Waals surface area contributed by atoms with Gasteiger partial charge in [-0.2, -0.15) is 0 Å². The van der Waals surface area contributed by atoms with Crippen molar-refractivity contribution < 1.29 is 9.53 Å². The van der Waals surface area contributed by atoms with Crippen LogP contribution in [0.2, 0.25) is 0 Å². The highest BCUT2D eigenvalue weighted by Crippen LogP contribution is 2.54. The van der Waals surface area contributed by atoms with Gasteiger partial charge in [-0.3, -0.25) is 0 Å². The molecule has 2 aliphatic rings. The van der Waals surface area contributed by atoms with E-state index in [-0.39, 0.29) is 6.09 Å². The minimum atomic E-state index is -0.398. The molecule has 110 valence electrons. The molecule has 2 fully saturated rings. The van der Waals surface area contributed by atoms with Crippen LogP contribution in [0.1, 0.15) is 52.9 Å². The van der Waals surface area contributed by atoms with Gasteiger partial charge in [0, 0.05) is 13.1 Å². The summed E-state index contributed by atoms with van der Waals surface area (Å²) in [6.45, 7) is 8.23. The largest absolute Gasteiger partial charge is 0.444 e. The van der Waals surface area contributed by atoms with Gasteiger partial charge in [0.1, 0.15) is 5.60 Å². The maximum absolute atomic E-state index is 12.0. The first kappa shape index (κ1) is 14.6. The third-order valence-corrected chi connectivity index (χ3v) is 4.78. The average Bonchev–Trinajstić information content (AvgIpc) is 2.33. The third kappa shape index (κ3) is 3.22. The molecule has 1 aliphatic carbocycles. The fourth-order valence-electron chi connectivity index (χ4n) is 3.53. The summed E-state index contributed by atoms with van der Waals surface area (Å²) in [6, 6.07) is 0. The fraction of sp³-hybridized carbons (Fsp3) is 0.933. The molecule has 2 rings (SSSR count). The lowest BCUT2D eigenvalue weighted by molar-refractivity contribution is -0.0443. The van der Waals surface area contributed by atoms with Gasteiger partial charge < -0.3 is 15.4 Å². The molecular formula is C15H28N2O2. The molecule has 1 aliphatic heterocycles. The van der Waals surface area contributed by atoms with E-state index in [1.165, 1.54) is 12.8 Å². The standard InChI is InChI=1S/C15H28N2O2/c1-14(2,3)19-13(18)17-10-7-15(8-11-17)6-4-12(15)5-9-16/h12H,4-11,16H2,1-3H3. The number of nitrogens with two attached hydrogens (primary N) is 1. The number of carbonyl (C=O) groups is 1. The van der Waals surface area contributed by atoms with E-state index in [2.05, 4.69) is 0 Å². The Morgan fingerprint density at radius 3 is 2.37 bits per heavy atom. The number of rotatable bonds is 2. The van der Waals surface area contributed by atoms with Gasteiger partial charge in [-0.05, 0) is 70.8 Å². The van der Waals surface area contributed by atoms with Gasteiger partial charge in [-0.1, -0.05) is 0 Å². The summed E-state index contributed by atoms with van der Waals surface area (Å²) in [5.41, 5.74) is 5.78. The molecule has 1 saturated heterocycles. The van der Waals surface area contributed by atoms with E-state index in [0.717, 1.165) is 44.8 Å². The Bertz CT molecular complexity index is 328. The zero-order valence-corrected chi connectivity index (χ0v) is 12.6. The van der Waals surface area contributed by atoms with Gasteiger partial charge in [0.2, 0.25) is 0 Å². The first-order chi connectivity index (χ1) is 8.86. The van der Waals surface area contributed by atoms with Crippen LogP contribution in [0.3, 0.4) is 0 Å². The molecule has 0 bridgehead atoms. The van der Waals surface area contributed by atoms with Gasteiger partial charge in [0.15, 0.2) is 0 Å². The molecule has 1 saturated carbocycles. The molecule has 1 heterocycles. The molecule has 0 aromatic heterocycles. The van der Waals surface area contributed by atoms with Crippen LogP contribution in [0.15, 0.2) is 0 Å². The second kappa shape index (κ2) is 5.31. The summed E-state index contributed by atoms with van der Waals surface area (Å²) >= 11 is 0. The average molecular weight is 268 g/mol. The summed E-state index contributed by atoms with van der Waals surface area (Å²) in [5.74, 6) is 0.790. The Morgan fingerprint density at radius 1 is 1.32 bits per heavy atom. The predicted molar refractivity (Wildman–Crippen MR) is 75.9 cm³/mol. The maximum Gasteiger partial charge on any atom is 0.410 e. The minimum absolute atomic E-state index is 0.156. The van der Waals surface area contributed by atoms with Crippen LogP contribution >= 0.6 is 0 Å². The highest BCUT2D eigenvalue weighted by atomic mass is 16.6. The van der Waals surface area contributed by atoms with Crippen molar-refractivity contribution >= 4 is 6.09 Å². The summed E-state index contributed by atoms with van der Waals surface area (Å²) in [6.07, 6.45) is 5.88. The SMILES string of the molecule is CC(C)(C)OC(=O)N1CCC2(CCC2CCN)CC1. The Labute approximate surface area is 116 Å². The molecule has 1 spiro atoms. The van der Waals surface area contributed by atoms with E-state index in [4.69, 9.17) is 10.5 Å². The molecular weight excluding hydrogens is 240 g/mol. The summed E-state index contributed by atoms with van der Waals surface area (Å²) in [7, 11) is 0. The molecule has 4 nitrogen and oxygen atoms in total. The van der Waals surface area contributed by atoms with Crippen molar-refractivity contribution in [3.63, 3.8) is 0 Å². The van der Waals surface area contributed by atoms with Crippen LogP contribution < -0.4 is 5.73 Å². The Kier molecular flexibility index (Phi) is 4.09. The van der Waals surface area contributed by atoms with Crippen LogP contribution in [0.4, 0.5) is 4.79 Å². The predicted octanol–water partition coefficient (Wildman–Crippen LogP) is 2.76. The van der Waals surface area contributed by atoms with Crippen molar-refractivity contribution in [2.45, 2.75) is 58.5 Å². The second-order valence-corrected chi connectivity index (χ2v) is 7.14. The molecule has 19 heavy (non-hydrogen) atoms. The summed E-state index contributed by atoms with van der Waals surface area (Å²) in [4.78, 5) is 13.9. The Hall–Kier alpha value is -0.770. The zero-order chi connectivity index (χ0) is 14.1. The van der Waals surface area contributed by atoms with Crippen LogP contribution in [0.25, 0.3) is 0 Å².